The highest BCUT2D eigenvalue weighted by molar-refractivity contribution is 7.90. The van der Waals surface area contributed by atoms with Crippen LogP contribution in [0.15, 0.2) is 0 Å². The van der Waals surface area contributed by atoms with Crippen LogP contribution in [0, 0.1) is 46.3 Å². The molecule has 0 spiro atoms. The zero-order chi connectivity index (χ0) is 20.4. The number of fused-ring (bicyclic) bond motifs is 5. The van der Waals surface area contributed by atoms with E-state index in [1.807, 2.05) is 0 Å². The molecule has 2 unspecified atom stereocenters. The molecule has 5 rings (SSSR count). The van der Waals surface area contributed by atoms with Crippen LogP contribution in [0.3, 0.4) is 0 Å². The van der Waals surface area contributed by atoms with E-state index in [2.05, 4.69) is 25.5 Å². The van der Waals surface area contributed by atoms with Crippen LogP contribution in [-0.2, 0) is 10.0 Å². The Balaban J connectivity index is 1.32. The van der Waals surface area contributed by atoms with E-state index in [0.717, 1.165) is 42.4 Å². The Labute approximate surface area is 179 Å². The minimum atomic E-state index is -3.05. The smallest absolute Gasteiger partial charge is 0.214 e. The van der Waals surface area contributed by atoms with Gasteiger partial charge in [-0.15, -0.1) is 0 Å². The quantitative estimate of drug-likeness (QED) is 0.628. The van der Waals surface area contributed by atoms with Crippen molar-refractivity contribution in [3.8, 4) is 0 Å². The summed E-state index contributed by atoms with van der Waals surface area (Å²) in [7, 11) is -3.05. The first-order valence-electron chi connectivity index (χ1n) is 12.7. The molecule has 3 nitrogen and oxygen atoms in total. The maximum absolute atomic E-state index is 12.4. The molecule has 5 fully saturated rings. The summed E-state index contributed by atoms with van der Waals surface area (Å²) in [5, 5.41) is -0.0878. The van der Waals surface area contributed by atoms with Crippen LogP contribution in [0.2, 0.25) is 0 Å². The lowest BCUT2D eigenvalue weighted by molar-refractivity contribution is -0.132. The van der Waals surface area contributed by atoms with Gasteiger partial charge in [0.2, 0.25) is 10.0 Å². The van der Waals surface area contributed by atoms with Crippen molar-refractivity contribution in [2.24, 2.45) is 46.3 Å². The Morgan fingerprint density at radius 2 is 1.59 bits per heavy atom. The van der Waals surface area contributed by atoms with Gasteiger partial charge in [-0.3, -0.25) is 0 Å². The first kappa shape index (κ1) is 20.8. The highest BCUT2D eigenvalue weighted by Crippen LogP contribution is 2.65. The Morgan fingerprint density at radius 1 is 0.862 bits per heavy atom. The SMILES string of the molecule is C[C@H]1CC[C@@H]2C3CC[C@@]4(C)C(CCC[C@@H]4CNS(=O)(=O)C4CC4)[C@@H]3CC[C@]2(C)C1. The summed E-state index contributed by atoms with van der Waals surface area (Å²) in [6, 6.07) is 0. The van der Waals surface area contributed by atoms with Gasteiger partial charge in [0.25, 0.3) is 0 Å². The molecule has 0 aromatic heterocycles. The predicted octanol–water partition coefficient (Wildman–Crippen LogP) is 5.75. The van der Waals surface area contributed by atoms with Gasteiger partial charge < -0.3 is 0 Å². The van der Waals surface area contributed by atoms with E-state index in [1.54, 1.807) is 0 Å². The van der Waals surface area contributed by atoms with Gasteiger partial charge in [0, 0.05) is 6.54 Å². The fourth-order valence-electron chi connectivity index (χ4n) is 8.97. The summed E-state index contributed by atoms with van der Waals surface area (Å²) < 4.78 is 27.9. The fourth-order valence-corrected chi connectivity index (χ4v) is 10.4. The Kier molecular flexibility index (Phi) is 5.18. The van der Waals surface area contributed by atoms with Crippen molar-refractivity contribution < 1.29 is 8.42 Å². The molecule has 0 bridgehead atoms. The molecule has 0 heterocycles. The van der Waals surface area contributed by atoms with Crippen molar-refractivity contribution in [3.63, 3.8) is 0 Å². The molecule has 5 aliphatic rings. The molecule has 0 aromatic rings. The van der Waals surface area contributed by atoms with E-state index in [0.29, 0.717) is 23.3 Å². The molecule has 5 aliphatic carbocycles. The van der Waals surface area contributed by atoms with Crippen LogP contribution in [-0.4, -0.2) is 20.2 Å². The van der Waals surface area contributed by atoms with Crippen molar-refractivity contribution >= 4 is 10.0 Å². The minimum absolute atomic E-state index is 0.0878. The molecule has 166 valence electrons. The van der Waals surface area contributed by atoms with Crippen LogP contribution in [0.25, 0.3) is 0 Å². The van der Waals surface area contributed by atoms with Gasteiger partial charge in [0.05, 0.1) is 5.25 Å². The van der Waals surface area contributed by atoms with Crippen molar-refractivity contribution in [2.45, 2.75) is 103 Å². The predicted molar refractivity (Wildman–Crippen MR) is 119 cm³/mol. The minimum Gasteiger partial charge on any atom is -0.215 e. The summed E-state index contributed by atoms with van der Waals surface area (Å²) in [6.07, 6.45) is 15.6. The molecule has 0 aromatic carbocycles. The molecule has 1 N–H and O–H groups in total. The van der Waals surface area contributed by atoms with Gasteiger partial charge in [-0.25, -0.2) is 13.1 Å². The van der Waals surface area contributed by atoms with Gasteiger partial charge in [0.15, 0.2) is 0 Å². The van der Waals surface area contributed by atoms with Gasteiger partial charge in [0.1, 0.15) is 0 Å². The van der Waals surface area contributed by atoms with Crippen LogP contribution in [0.1, 0.15) is 97.8 Å². The lowest BCUT2D eigenvalue weighted by Gasteiger charge is -2.63. The number of sulfonamides is 1. The molecular formula is C25H43NO2S. The summed E-state index contributed by atoms with van der Waals surface area (Å²) in [4.78, 5) is 0. The third-order valence-electron chi connectivity index (χ3n) is 10.7. The maximum atomic E-state index is 12.4. The summed E-state index contributed by atoms with van der Waals surface area (Å²) in [5.41, 5.74) is 0.946. The zero-order valence-corrected chi connectivity index (χ0v) is 19.8. The second-order valence-corrected chi connectivity index (χ2v) is 14.4. The van der Waals surface area contributed by atoms with E-state index >= 15 is 0 Å². The van der Waals surface area contributed by atoms with E-state index in [-0.39, 0.29) is 5.25 Å². The number of nitrogens with one attached hydrogen (secondary N) is 1. The Hall–Kier alpha value is -0.0900. The largest absolute Gasteiger partial charge is 0.215 e. The second-order valence-electron chi connectivity index (χ2n) is 12.4. The fraction of sp³-hybridized carbons (Fsp3) is 1.00. The van der Waals surface area contributed by atoms with E-state index < -0.39 is 10.0 Å². The molecule has 0 amide bonds. The highest BCUT2D eigenvalue weighted by Gasteiger charge is 2.57. The number of rotatable bonds is 4. The molecule has 4 heteroatoms. The molecule has 0 aliphatic heterocycles. The summed E-state index contributed by atoms with van der Waals surface area (Å²) in [6.45, 7) is 8.33. The summed E-state index contributed by atoms with van der Waals surface area (Å²) >= 11 is 0. The van der Waals surface area contributed by atoms with Crippen LogP contribution >= 0.6 is 0 Å². The highest BCUT2D eigenvalue weighted by atomic mass is 32.2. The third kappa shape index (κ3) is 3.52. The topological polar surface area (TPSA) is 46.2 Å². The van der Waals surface area contributed by atoms with Gasteiger partial charge in [-0.05, 0) is 111 Å². The first-order valence-corrected chi connectivity index (χ1v) is 14.3. The third-order valence-corrected chi connectivity index (χ3v) is 12.6. The lowest BCUT2D eigenvalue weighted by atomic mass is 9.42. The molecule has 8 atom stereocenters. The standard InChI is InChI=1S/C25H43NO2S/c1-17-7-10-22-20-12-14-25(3)18(16-26-29(27,28)19-8-9-19)5-4-6-23(25)21(20)11-13-24(22,2)15-17/h17-23,26H,4-16H2,1-3H3/t17-,18+,20?,21+,22+,23?,24+,25+/m0/s1. The Morgan fingerprint density at radius 3 is 2.34 bits per heavy atom. The lowest BCUT2D eigenvalue weighted by Crippen LogP contribution is -2.56. The number of hydrogen-bond acceptors (Lipinski definition) is 2. The molecule has 5 saturated carbocycles. The summed E-state index contributed by atoms with van der Waals surface area (Å²) in [5.74, 6) is 5.09. The number of hydrogen-bond donors (Lipinski definition) is 1. The monoisotopic (exact) mass is 421 g/mol. The van der Waals surface area contributed by atoms with Gasteiger partial charge in [-0.1, -0.05) is 33.6 Å². The van der Waals surface area contributed by atoms with E-state index in [1.165, 1.54) is 64.2 Å². The van der Waals surface area contributed by atoms with Gasteiger partial charge in [-0.2, -0.15) is 0 Å². The Bertz CT molecular complexity index is 731. The van der Waals surface area contributed by atoms with E-state index in [4.69, 9.17) is 0 Å². The first-order chi connectivity index (χ1) is 13.7. The van der Waals surface area contributed by atoms with E-state index in [9.17, 15) is 8.42 Å². The van der Waals surface area contributed by atoms with Crippen molar-refractivity contribution in [3.05, 3.63) is 0 Å². The van der Waals surface area contributed by atoms with Crippen LogP contribution in [0.4, 0.5) is 0 Å². The average molecular weight is 422 g/mol. The van der Waals surface area contributed by atoms with Crippen LogP contribution in [0.5, 0.6) is 0 Å². The van der Waals surface area contributed by atoms with Gasteiger partial charge >= 0.3 is 0 Å². The maximum Gasteiger partial charge on any atom is 0.214 e. The molecular weight excluding hydrogens is 378 g/mol. The second kappa shape index (κ2) is 7.22. The molecule has 0 radical (unpaired) electrons. The molecule has 29 heavy (non-hydrogen) atoms. The average Bonchev–Trinajstić information content (AvgIpc) is 3.51. The van der Waals surface area contributed by atoms with Crippen LogP contribution < -0.4 is 4.72 Å². The van der Waals surface area contributed by atoms with Crippen molar-refractivity contribution in [2.75, 3.05) is 6.54 Å². The molecule has 0 saturated heterocycles. The zero-order valence-electron chi connectivity index (χ0n) is 19.0. The normalized spacial score (nSPS) is 50.3. The van der Waals surface area contributed by atoms with Crippen molar-refractivity contribution in [1.29, 1.82) is 0 Å². The van der Waals surface area contributed by atoms with Crippen molar-refractivity contribution in [1.82, 2.24) is 4.72 Å².